The molecule has 0 amide bonds. The Hall–Kier alpha value is -0.0900. The van der Waals surface area contributed by atoms with E-state index in [1.165, 1.54) is 11.5 Å². The van der Waals surface area contributed by atoms with E-state index in [1.807, 2.05) is 0 Å². The molecule has 1 aromatic heterocycles. The number of aryl methyl sites for hydroxylation is 1. The summed E-state index contributed by atoms with van der Waals surface area (Å²) in [5.41, 5.74) is 0. The second-order valence-corrected chi connectivity index (χ2v) is 3.22. The van der Waals surface area contributed by atoms with Gasteiger partial charge in [0.1, 0.15) is 5.82 Å². The van der Waals surface area contributed by atoms with E-state index in [2.05, 4.69) is 28.9 Å². The Morgan fingerprint density at radius 3 is 2.89 bits per heavy atom. The van der Waals surface area contributed by atoms with E-state index in [0.29, 0.717) is 0 Å². The van der Waals surface area contributed by atoms with Crippen molar-refractivity contribution in [3.05, 3.63) is 5.82 Å². The highest BCUT2D eigenvalue weighted by Gasteiger charge is 1.96. The van der Waals surface area contributed by atoms with Crippen LogP contribution in [0.4, 0.5) is 0 Å². The largest absolute Gasteiger partial charge is 0.213 e. The Morgan fingerprint density at radius 2 is 2.44 bits per heavy atom. The monoisotopic (exact) mass is 160 g/mol. The van der Waals surface area contributed by atoms with Gasteiger partial charge in [-0.05, 0) is 18.0 Å². The lowest BCUT2D eigenvalue weighted by molar-refractivity contribution is 0.851. The van der Waals surface area contributed by atoms with Gasteiger partial charge >= 0.3 is 0 Å². The maximum absolute atomic E-state index is 4.07. The van der Waals surface area contributed by atoms with E-state index in [4.69, 9.17) is 0 Å². The van der Waals surface area contributed by atoms with Crippen LogP contribution in [0.1, 0.15) is 19.2 Å². The number of aromatic nitrogens is 2. The number of rotatable bonds is 2. The minimum atomic E-state index is 0.762. The molecule has 0 aliphatic heterocycles. The molecular weight excluding hydrogens is 152 g/mol. The van der Waals surface area contributed by atoms with Crippen LogP contribution in [0, 0.1) is 0 Å². The van der Waals surface area contributed by atoms with Gasteiger partial charge in [0.2, 0.25) is 0 Å². The fourth-order valence-corrected chi connectivity index (χ4v) is 1.27. The van der Waals surface area contributed by atoms with E-state index in [0.717, 1.165) is 23.0 Å². The van der Waals surface area contributed by atoms with E-state index in [9.17, 15) is 0 Å². The number of hydrogen-bond acceptors (Lipinski definition) is 4. The molecule has 0 aliphatic rings. The molecule has 2 nitrogen and oxygen atoms in total. The Bertz CT molecular complexity index is 185. The summed E-state index contributed by atoms with van der Waals surface area (Å²) in [6.45, 7) is 2.11. The predicted octanol–water partition coefficient (Wildman–Crippen LogP) is 1.78. The minimum absolute atomic E-state index is 0.762. The Kier molecular flexibility index (Phi) is 2.48. The zero-order valence-electron chi connectivity index (χ0n) is 5.16. The van der Waals surface area contributed by atoms with Gasteiger partial charge in [-0.25, -0.2) is 4.98 Å². The van der Waals surface area contributed by atoms with Gasteiger partial charge in [0.25, 0.3) is 0 Å². The lowest BCUT2D eigenvalue weighted by Crippen LogP contribution is -1.83. The van der Waals surface area contributed by atoms with Crippen LogP contribution in [0.15, 0.2) is 4.34 Å². The average molecular weight is 160 g/mol. The Balaban J connectivity index is 2.61. The van der Waals surface area contributed by atoms with Crippen LogP contribution in [0.3, 0.4) is 0 Å². The van der Waals surface area contributed by atoms with E-state index >= 15 is 0 Å². The van der Waals surface area contributed by atoms with Gasteiger partial charge in [-0.2, -0.15) is 4.37 Å². The van der Waals surface area contributed by atoms with Gasteiger partial charge in [0.05, 0.1) is 0 Å². The van der Waals surface area contributed by atoms with Crippen molar-refractivity contribution in [3.63, 3.8) is 0 Å². The van der Waals surface area contributed by atoms with Crippen molar-refractivity contribution in [1.82, 2.24) is 9.36 Å². The fourth-order valence-electron chi connectivity index (χ4n) is 0.570. The van der Waals surface area contributed by atoms with Crippen LogP contribution in [-0.2, 0) is 6.42 Å². The van der Waals surface area contributed by atoms with E-state index in [1.54, 1.807) is 0 Å². The highest BCUT2D eigenvalue weighted by molar-refractivity contribution is 7.82. The van der Waals surface area contributed by atoms with Crippen molar-refractivity contribution in [2.75, 3.05) is 0 Å². The number of hydrogen-bond donors (Lipinski definition) is 1. The molecule has 0 aromatic carbocycles. The normalized spacial score (nSPS) is 10.0. The molecule has 9 heavy (non-hydrogen) atoms. The van der Waals surface area contributed by atoms with E-state index in [-0.39, 0.29) is 0 Å². The molecule has 0 aliphatic carbocycles. The molecule has 0 fully saturated rings. The Morgan fingerprint density at radius 1 is 1.67 bits per heavy atom. The summed E-state index contributed by atoms with van der Waals surface area (Å²) < 4.78 is 4.82. The van der Waals surface area contributed by atoms with Crippen molar-refractivity contribution >= 4 is 24.2 Å². The van der Waals surface area contributed by atoms with Crippen molar-refractivity contribution in [2.45, 2.75) is 24.1 Å². The zero-order valence-corrected chi connectivity index (χ0v) is 6.88. The summed E-state index contributed by atoms with van der Waals surface area (Å²) in [6.07, 6.45) is 2.07. The average Bonchev–Trinajstić information content (AvgIpc) is 2.17. The van der Waals surface area contributed by atoms with Gasteiger partial charge in [-0.3, -0.25) is 0 Å². The quantitative estimate of drug-likeness (QED) is 0.667. The maximum atomic E-state index is 4.07. The molecule has 0 atom stereocenters. The molecule has 0 saturated carbocycles. The maximum Gasteiger partial charge on any atom is 0.167 e. The lowest BCUT2D eigenvalue weighted by atomic mass is 10.3. The molecule has 4 heteroatoms. The fraction of sp³-hybridized carbons (Fsp3) is 0.600. The Labute approximate surface area is 63.9 Å². The summed E-state index contributed by atoms with van der Waals surface area (Å²) in [5, 5.41) is 0. The topological polar surface area (TPSA) is 25.8 Å². The summed E-state index contributed by atoms with van der Waals surface area (Å²) >= 11 is 5.39. The molecule has 1 rings (SSSR count). The van der Waals surface area contributed by atoms with Crippen LogP contribution in [0.25, 0.3) is 0 Å². The van der Waals surface area contributed by atoms with Crippen LogP contribution in [0.5, 0.6) is 0 Å². The first-order valence-electron chi connectivity index (χ1n) is 2.84. The molecule has 0 N–H and O–H groups in total. The summed E-state index contributed by atoms with van der Waals surface area (Å²) in [7, 11) is 0. The van der Waals surface area contributed by atoms with Crippen LogP contribution >= 0.6 is 24.2 Å². The highest BCUT2D eigenvalue weighted by atomic mass is 32.2. The molecule has 0 radical (unpaired) electrons. The molecular formula is C5H8N2S2. The smallest absolute Gasteiger partial charge is 0.167 e. The minimum Gasteiger partial charge on any atom is -0.213 e. The first-order chi connectivity index (χ1) is 4.33. The molecule has 50 valence electrons. The van der Waals surface area contributed by atoms with Gasteiger partial charge < -0.3 is 0 Å². The first kappa shape index (κ1) is 7.02. The molecule has 1 heterocycles. The van der Waals surface area contributed by atoms with Gasteiger partial charge in [0.15, 0.2) is 4.34 Å². The standard InChI is InChI=1S/C5H8N2S2/c1-2-3-4-6-5(8)9-7-4/h2-3H2,1H3,(H,6,7,8). The van der Waals surface area contributed by atoms with Gasteiger partial charge in [-0.15, -0.1) is 12.6 Å². The molecule has 1 aromatic rings. The van der Waals surface area contributed by atoms with Crippen molar-refractivity contribution in [3.8, 4) is 0 Å². The summed E-state index contributed by atoms with van der Waals surface area (Å²) in [4.78, 5) is 4.07. The van der Waals surface area contributed by atoms with E-state index < -0.39 is 0 Å². The third-order valence-corrected chi connectivity index (χ3v) is 1.83. The SMILES string of the molecule is CCCc1nsc(S)n1. The van der Waals surface area contributed by atoms with Crippen molar-refractivity contribution in [1.29, 1.82) is 0 Å². The number of nitrogens with zero attached hydrogens (tertiary/aromatic N) is 2. The van der Waals surface area contributed by atoms with Crippen molar-refractivity contribution in [2.24, 2.45) is 0 Å². The van der Waals surface area contributed by atoms with Crippen LogP contribution < -0.4 is 0 Å². The number of thiol groups is 1. The molecule has 0 bridgehead atoms. The highest BCUT2D eigenvalue weighted by Crippen LogP contribution is 2.09. The second-order valence-electron chi connectivity index (χ2n) is 1.74. The van der Waals surface area contributed by atoms with Crippen LogP contribution in [0.2, 0.25) is 0 Å². The molecule has 0 unspecified atom stereocenters. The van der Waals surface area contributed by atoms with Gasteiger partial charge in [0, 0.05) is 6.42 Å². The molecule has 0 spiro atoms. The summed E-state index contributed by atoms with van der Waals surface area (Å²) in [5.74, 6) is 0.924. The lowest BCUT2D eigenvalue weighted by Gasteiger charge is -1.83. The van der Waals surface area contributed by atoms with Crippen LogP contribution in [-0.4, -0.2) is 9.36 Å². The summed E-state index contributed by atoms with van der Waals surface area (Å²) in [6, 6.07) is 0. The third-order valence-electron chi connectivity index (χ3n) is 0.931. The molecule has 0 saturated heterocycles. The third kappa shape index (κ3) is 1.95. The van der Waals surface area contributed by atoms with Crippen molar-refractivity contribution < 1.29 is 0 Å². The second kappa shape index (κ2) is 3.17. The predicted molar refractivity (Wildman–Crippen MR) is 41.2 cm³/mol. The van der Waals surface area contributed by atoms with Gasteiger partial charge in [-0.1, -0.05) is 6.92 Å². The first-order valence-corrected chi connectivity index (χ1v) is 4.06. The zero-order chi connectivity index (χ0) is 6.69.